The standard InChI is InChI=1S/C26H27N5O5/c1-29(2)26(35)22-18(14-32)21-13-30-20(23(22)31(21)25(34)19-12-27-9-10-28-19)8-7-17(24(30)33)15-5-4-6-16(11-15)36-3/h4-12,18,21-23,32H,13-14H2,1-3H3/t18-,21-,22+,23+/m1/s1. The number of pyridine rings is 1. The predicted octanol–water partition coefficient (Wildman–Crippen LogP) is 1.21. The van der Waals surface area contributed by atoms with Crippen LogP contribution in [-0.2, 0) is 11.3 Å². The Hall–Kier alpha value is -4.05. The molecule has 1 N–H and O–H groups in total. The summed E-state index contributed by atoms with van der Waals surface area (Å²) < 4.78 is 6.95. The van der Waals surface area contributed by atoms with Gasteiger partial charge >= 0.3 is 0 Å². The fraction of sp³-hybridized carbons (Fsp3) is 0.346. The molecule has 186 valence electrons. The summed E-state index contributed by atoms with van der Waals surface area (Å²) in [7, 11) is 4.86. The van der Waals surface area contributed by atoms with Gasteiger partial charge in [-0.05, 0) is 29.8 Å². The first kappa shape index (κ1) is 23.7. The summed E-state index contributed by atoms with van der Waals surface area (Å²) in [5.41, 5.74) is 1.67. The van der Waals surface area contributed by atoms with Crippen molar-refractivity contribution in [3.05, 3.63) is 76.7 Å². The highest BCUT2D eigenvalue weighted by molar-refractivity contribution is 5.94. The maximum atomic E-state index is 13.7. The van der Waals surface area contributed by atoms with Gasteiger partial charge in [-0.15, -0.1) is 0 Å². The van der Waals surface area contributed by atoms with E-state index in [4.69, 9.17) is 4.74 Å². The van der Waals surface area contributed by atoms with Crippen LogP contribution in [0.4, 0.5) is 0 Å². The van der Waals surface area contributed by atoms with Crippen LogP contribution in [0, 0.1) is 11.8 Å². The number of carbonyl (C=O) groups is 2. The van der Waals surface area contributed by atoms with Crippen LogP contribution >= 0.6 is 0 Å². The normalized spacial score (nSPS) is 22.2. The van der Waals surface area contributed by atoms with Gasteiger partial charge in [-0.3, -0.25) is 19.4 Å². The number of rotatable bonds is 5. The number of hydrogen-bond donors (Lipinski definition) is 1. The summed E-state index contributed by atoms with van der Waals surface area (Å²) in [4.78, 5) is 52.0. The molecule has 1 aromatic carbocycles. The van der Waals surface area contributed by atoms with E-state index in [1.165, 1.54) is 23.5 Å². The molecule has 0 aliphatic carbocycles. The molecular weight excluding hydrogens is 462 g/mol. The van der Waals surface area contributed by atoms with Crippen molar-refractivity contribution >= 4 is 11.8 Å². The third kappa shape index (κ3) is 3.65. The van der Waals surface area contributed by atoms with E-state index in [1.54, 1.807) is 54.9 Å². The molecule has 0 unspecified atom stereocenters. The quantitative estimate of drug-likeness (QED) is 0.572. The molecule has 2 aliphatic heterocycles. The van der Waals surface area contributed by atoms with E-state index in [9.17, 15) is 19.5 Å². The van der Waals surface area contributed by atoms with Crippen molar-refractivity contribution in [2.24, 2.45) is 11.8 Å². The molecule has 4 heterocycles. The Balaban J connectivity index is 1.67. The average Bonchev–Trinajstić information content (AvgIpc) is 3.14. The average molecular weight is 490 g/mol. The molecule has 10 heteroatoms. The first-order valence-electron chi connectivity index (χ1n) is 11.7. The summed E-state index contributed by atoms with van der Waals surface area (Å²) in [5, 5.41) is 10.4. The van der Waals surface area contributed by atoms with E-state index in [-0.39, 0.29) is 36.2 Å². The van der Waals surface area contributed by atoms with Gasteiger partial charge in [0, 0.05) is 56.8 Å². The van der Waals surface area contributed by atoms with Gasteiger partial charge in [0.1, 0.15) is 11.4 Å². The van der Waals surface area contributed by atoms with E-state index in [0.717, 1.165) is 0 Å². The lowest BCUT2D eigenvalue weighted by Gasteiger charge is -2.38. The first-order valence-corrected chi connectivity index (χ1v) is 11.7. The molecule has 4 atom stereocenters. The smallest absolute Gasteiger partial charge is 0.274 e. The summed E-state index contributed by atoms with van der Waals surface area (Å²) in [6.07, 6.45) is 4.29. The lowest BCUT2D eigenvalue weighted by Crippen LogP contribution is -2.49. The molecule has 2 bridgehead atoms. The van der Waals surface area contributed by atoms with Crippen molar-refractivity contribution in [1.29, 1.82) is 0 Å². The number of hydrogen-bond acceptors (Lipinski definition) is 7. The lowest BCUT2D eigenvalue weighted by atomic mass is 9.86. The molecule has 5 rings (SSSR count). The number of aliphatic hydroxyl groups excluding tert-OH is 1. The van der Waals surface area contributed by atoms with Crippen LogP contribution < -0.4 is 10.3 Å². The molecule has 36 heavy (non-hydrogen) atoms. The van der Waals surface area contributed by atoms with Crippen molar-refractivity contribution in [3.63, 3.8) is 0 Å². The predicted molar refractivity (Wildman–Crippen MR) is 130 cm³/mol. The Morgan fingerprint density at radius 2 is 2.00 bits per heavy atom. The van der Waals surface area contributed by atoms with Crippen molar-refractivity contribution in [1.82, 2.24) is 24.3 Å². The SMILES string of the molecule is COc1cccc(-c2ccc3n(c2=O)C[C@@H]2[C@@H](CO)[C@H](C(=O)N(C)C)[C@H]3N2C(=O)c2cnccn2)c1. The van der Waals surface area contributed by atoms with Gasteiger partial charge in [-0.1, -0.05) is 12.1 Å². The number of benzene rings is 1. The number of aliphatic hydroxyl groups is 1. The summed E-state index contributed by atoms with van der Waals surface area (Å²) in [6.45, 7) is -0.155. The van der Waals surface area contributed by atoms with Gasteiger partial charge in [-0.2, -0.15) is 0 Å². The van der Waals surface area contributed by atoms with E-state index in [2.05, 4.69) is 9.97 Å². The number of carbonyl (C=O) groups excluding carboxylic acids is 2. The van der Waals surface area contributed by atoms with Crippen LogP contribution in [0.25, 0.3) is 11.1 Å². The summed E-state index contributed by atoms with van der Waals surface area (Å²) in [5.74, 6) is -1.23. The van der Waals surface area contributed by atoms with Gasteiger partial charge in [0.2, 0.25) is 5.91 Å². The fourth-order valence-electron chi connectivity index (χ4n) is 5.52. The molecule has 3 aromatic rings. The highest BCUT2D eigenvalue weighted by atomic mass is 16.5. The Labute approximate surface area is 207 Å². The lowest BCUT2D eigenvalue weighted by molar-refractivity contribution is -0.135. The molecule has 2 aliphatic rings. The molecule has 2 aromatic heterocycles. The van der Waals surface area contributed by atoms with Crippen LogP contribution in [0.1, 0.15) is 22.2 Å². The second-order valence-corrected chi connectivity index (χ2v) is 9.24. The van der Waals surface area contributed by atoms with E-state index < -0.39 is 23.9 Å². The van der Waals surface area contributed by atoms with Crippen molar-refractivity contribution < 1.29 is 19.4 Å². The molecule has 0 saturated carbocycles. The molecule has 0 spiro atoms. The second-order valence-electron chi connectivity index (χ2n) is 9.24. The van der Waals surface area contributed by atoms with Crippen molar-refractivity contribution in [2.75, 3.05) is 27.8 Å². The van der Waals surface area contributed by atoms with Gasteiger partial charge in [0.05, 0.1) is 31.3 Å². The van der Waals surface area contributed by atoms with E-state index in [0.29, 0.717) is 22.6 Å². The Morgan fingerprint density at radius 3 is 2.67 bits per heavy atom. The molecule has 0 radical (unpaired) electrons. The van der Waals surface area contributed by atoms with Gasteiger partial charge in [0.25, 0.3) is 11.5 Å². The fourth-order valence-corrected chi connectivity index (χ4v) is 5.52. The third-order valence-electron chi connectivity index (χ3n) is 7.17. The van der Waals surface area contributed by atoms with Crippen LogP contribution in [0.2, 0.25) is 0 Å². The van der Waals surface area contributed by atoms with E-state index >= 15 is 0 Å². The zero-order valence-electron chi connectivity index (χ0n) is 20.2. The number of amides is 2. The molecular formula is C26H27N5O5. The highest BCUT2D eigenvalue weighted by Crippen LogP contribution is 2.49. The van der Waals surface area contributed by atoms with Crippen LogP contribution in [0.3, 0.4) is 0 Å². The topological polar surface area (TPSA) is 118 Å². The van der Waals surface area contributed by atoms with Crippen LogP contribution in [-0.4, -0.2) is 75.1 Å². The van der Waals surface area contributed by atoms with Gasteiger partial charge in [-0.25, -0.2) is 4.98 Å². The highest BCUT2D eigenvalue weighted by Gasteiger charge is 2.58. The number of methoxy groups -OCH3 is 1. The zero-order chi connectivity index (χ0) is 25.6. The largest absolute Gasteiger partial charge is 0.497 e. The van der Waals surface area contributed by atoms with Gasteiger partial charge in [0.15, 0.2) is 0 Å². The Kier molecular flexibility index (Phi) is 6.05. The maximum Gasteiger partial charge on any atom is 0.274 e. The minimum absolute atomic E-state index is 0.144. The number of fused-ring (bicyclic) bond motifs is 4. The Bertz CT molecular complexity index is 1370. The van der Waals surface area contributed by atoms with Crippen molar-refractivity contribution in [3.8, 4) is 16.9 Å². The first-order chi connectivity index (χ1) is 17.4. The zero-order valence-corrected chi connectivity index (χ0v) is 20.2. The minimum Gasteiger partial charge on any atom is -0.497 e. The summed E-state index contributed by atoms with van der Waals surface area (Å²) in [6, 6.07) is 9.45. The number of ether oxygens (including phenoxy) is 1. The Morgan fingerprint density at radius 1 is 1.19 bits per heavy atom. The minimum atomic E-state index is -0.739. The molecule has 2 amide bonds. The second kappa shape index (κ2) is 9.19. The van der Waals surface area contributed by atoms with Crippen molar-refractivity contribution in [2.45, 2.75) is 18.6 Å². The maximum absolute atomic E-state index is 13.7. The molecule has 10 nitrogen and oxygen atoms in total. The third-order valence-corrected chi connectivity index (χ3v) is 7.17. The molecule has 1 saturated heterocycles. The van der Waals surface area contributed by atoms with E-state index in [1.807, 2.05) is 12.1 Å². The number of nitrogens with zero attached hydrogens (tertiary/aromatic N) is 5. The monoisotopic (exact) mass is 489 g/mol. The molecule has 1 fully saturated rings. The van der Waals surface area contributed by atoms with Crippen LogP contribution in [0.5, 0.6) is 5.75 Å². The van der Waals surface area contributed by atoms with Gasteiger partial charge < -0.3 is 24.2 Å². The summed E-state index contributed by atoms with van der Waals surface area (Å²) >= 11 is 0. The van der Waals surface area contributed by atoms with Crippen LogP contribution in [0.15, 0.2) is 59.8 Å². The number of aromatic nitrogens is 3.